The first kappa shape index (κ1) is 14.6. The average Bonchev–Trinajstić information content (AvgIpc) is 2.66. The van der Waals surface area contributed by atoms with E-state index in [-0.39, 0.29) is 6.42 Å². The van der Waals surface area contributed by atoms with Crippen LogP contribution in [0.2, 0.25) is 0 Å². The van der Waals surface area contributed by atoms with Crippen molar-refractivity contribution in [1.82, 2.24) is 9.47 Å². The molecule has 1 N–H and O–H groups in total. The Kier molecular flexibility index (Phi) is 4.45. The summed E-state index contributed by atoms with van der Waals surface area (Å²) in [6.07, 6.45) is 0.777. The van der Waals surface area contributed by atoms with Crippen LogP contribution in [0.3, 0.4) is 0 Å². The minimum absolute atomic E-state index is 0.183. The Hall–Kier alpha value is -1.81. The van der Waals surface area contributed by atoms with Crippen LogP contribution in [0.5, 0.6) is 0 Å². The van der Waals surface area contributed by atoms with Crippen LogP contribution >= 0.6 is 0 Å². The van der Waals surface area contributed by atoms with E-state index in [1.54, 1.807) is 0 Å². The summed E-state index contributed by atoms with van der Waals surface area (Å²) in [4.78, 5) is 13.0. The molecule has 0 unspecified atom stereocenters. The fourth-order valence-electron chi connectivity index (χ4n) is 2.64. The average molecular weight is 274 g/mol. The maximum Gasteiger partial charge on any atom is 0.303 e. The van der Waals surface area contributed by atoms with Gasteiger partial charge < -0.3 is 14.6 Å². The number of likely N-dealkylation sites (N-methyl/N-ethyl adjacent to an activating group) is 1. The number of hydrogen-bond donors (Lipinski definition) is 1. The van der Waals surface area contributed by atoms with Crippen molar-refractivity contribution in [2.75, 3.05) is 20.6 Å². The van der Waals surface area contributed by atoms with Crippen molar-refractivity contribution >= 4 is 16.9 Å². The number of hydrogen-bond acceptors (Lipinski definition) is 2. The lowest BCUT2D eigenvalue weighted by atomic mass is 10.1. The molecule has 0 fully saturated rings. The highest BCUT2D eigenvalue weighted by Crippen LogP contribution is 2.26. The van der Waals surface area contributed by atoms with Gasteiger partial charge in [0.15, 0.2) is 0 Å². The third kappa shape index (κ3) is 3.02. The molecule has 0 spiro atoms. The Bertz CT molecular complexity index is 614. The zero-order chi connectivity index (χ0) is 14.7. The number of carbonyl (C=O) groups is 1. The highest BCUT2D eigenvalue weighted by Gasteiger charge is 2.14. The van der Waals surface area contributed by atoms with Crippen molar-refractivity contribution in [2.45, 2.75) is 26.3 Å². The van der Waals surface area contributed by atoms with Crippen molar-refractivity contribution in [2.24, 2.45) is 0 Å². The fourth-order valence-corrected chi connectivity index (χ4v) is 2.64. The van der Waals surface area contributed by atoms with Gasteiger partial charge in [-0.2, -0.15) is 0 Å². The molecule has 0 saturated heterocycles. The number of carboxylic acid groups (broad SMARTS) is 1. The molecule has 2 rings (SSSR count). The van der Waals surface area contributed by atoms with Gasteiger partial charge in [0.25, 0.3) is 0 Å². The lowest BCUT2D eigenvalue weighted by Gasteiger charge is -2.13. The standard InChI is InChI=1S/C16H22N2O2/c1-12-13(8-9-16(19)20)14-6-4-5-7-15(14)18(12)11-10-17(2)3/h4-7H,8-11H2,1-3H3,(H,19,20). The van der Waals surface area contributed by atoms with Gasteiger partial charge >= 0.3 is 5.97 Å². The molecule has 0 aliphatic heterocycles. The molecule has 0 amide bonds. The molecule has 2 aromatic rings. The molecular formula is C16H22N2O2. The summed E-state index contributed by atoms with van der Waals surface area (Å²) in [6.45, 7) is 3.98. The van der Waals surface area contributed by atoms with E-state index < -0.39 is 5.97 Å². The van der Waals surface area contributed by atoms with Crippen LogP contribution in [0.15, 0.2) is 24.3 Å². The summed E-state index contributed by atoms with van der Waals surface area (Å²) in [5, 5.41) is 10.1. The van der Waals surface area contributed by atoms with Gasteiger partial charge in [-0.05, 0) is 39.1 Å². The molecule has 0 atom stereocenters. The molecule has 4 heteroatoms. The highest BCUT2D eigenvalue weighted by atomic mass is 16.4. The third-order valence-corrected chi connectivity index (χ3v) is 3.72. The minimum Gasteiger partial charge on any atom is -0.481 e. The molecule has 1 aromatic carbocycles. The van der Waals surface area contributed by atoms with E-state index in [2.05, 4.69) is 42.6 Å². The zero-order valence-corrected chi connectivity index (χ0v) is 12.4. The van der Waals surface area contributed by atoms with Crippen molar-refractivity contribution in [3.8, 4) is 0 Å². The van der Waals surface area contributed by atoms with Gasteiger partial charge in [-0.1, -0.05) is 18.2 Å². The van der Waals surface area contributed by atoms with Crippen molar-refractivity contribution in [3.05, 3.63) is 35.5 Å². The number of fused-ring (bicyclic) bond motifs is 1. The Morgan fingerprint density at radius 3 is 2.65 bits per heavy atom. The predicted molar refractivity (Wildman–Crippen MR) is 81.2 cm³/mol. The maximum absolute atomic E-state index is 10.8. The van der Waals surface area contributed by atoms with Crippen LogP contribution in [0.1, 0.15) is 17.7 Å². The second-order valence-corrected chi connectivity index (χ2v) is 5.43. The number of rotatable bonds is 6. The molecule has 0 bridgehead atoms. The molecule has 0 aliphatic carbocycles. The van der Waals surface area contributed by atoms with Crippen LogP contribution in [0.4, 0.5) is 0 Å². The predicted octanol–water partition coefficient (Wildman–Crippen LogP) is 2.53. The quantitative estimate of drug-likeness (QED) is 0.880. The number of benzene rings is 1. The number of para-hydroxylation sites is 1. The number of aromatic nitrogens is 1. The molecule has 0 radical (unpaired) electrons. The van der Waals surface area contributed by atoms with Gasteiger partial charge in [0.1, 0.15) is 0 Å². The van der Waals surface area contributed by atoms with Crippen molar-refractivity contribution in [1.29, 1.82) is 0 Å². The van der Waals surface area contributed by atoms with E-state index in [0.29, 0.717) is 6.42 Å². The summed E-state index contributed by atoms with van der Waals surface area (Å²) in [5.74, 6) is -0.741. The van der Waals surface area contributed by atoms with Crippen molar-refractivity contribution < 1.29 is 9.90 Å². The van der Waals surface area contributed by atoms with E-state index in [9.17, 15) is 4.79 Å². The molecule has 0 aliphatic rings. The number of nitrogens with zero attached hydrogens (tertiary/aromatic N) is 2. The van der Waals surface area contributed by atoms with E-state index in [0.717, 1.165) is 13.1 Å². The van der Waals surface area contributed by atoms with E-state index in [1.165, 1.54) is 22.2 Å². The molecule has 1 aromatic heterocycles. The Balaban J connectivity index is 2.41. The molecule has 1 heterocycles. The first-order valence-electron chi connectivity index (χ1n) is 6.94. The van der Waals surface area contributed by atoms with Crippen LogP contribution in [0, 0.1) is 6.92 Å². The number of aryl methyl sites for hydroxylation is 1. The van der Waals surface area contributed by atoms with Gasteiger partial charge in [-0.3, -0.25) is 4.79 Å². The minimum atomic E-state index is -0.741. The third-order valence-electron chi connectivity index (χ3n) is 3.72. The van der Waals surface area contributed by atoms with Crippen molar-refractivity contribution in [3.63, 3.8) is 0 Å². The summed E-state index contributed by atoms with van der Waals surface area (Å²) < 4.78 is 2.30. The first-order chi connectivity index (χ1) is 9.50. The molecule has 4 nitrogen and oxygen atoms in total. The molecule has 108 valence electrons. The number of carboxylic acids is 1. The summed E-state index contributed by atoms with van der Waals surface area (Å²) in [5.41, 5.74) is 3.56. The zero-order valence-electron chi connectivity index (χ0n) is 12.4. The monoisotopic (exact) mass is 274 g/mol. The normalized spacial score (nSPS) is 11.4. The molecule has 20 heavy (non-hydrogen) atoms. The Morgan fingerprint density at radius 1 is 1.30 bits per heavy atom. The Labute approximate surface area is 119 Å². The van der Waals surface area contributed by atoms with Gasteiger partial charge in [-0.15, -0.1) is 0 Å². The largest absolute Gasteiger partial charge is 0.481 e. The second kappa shape index (κ2) is 6.09. The summed E-state index contributed by atoms with van der Waals surface area (Å²) in [7, 11) is 4.12. The topological polar surface area (TPSA) is 45.5 Å². The lowest BCUT2D eigenvalue weighted by Crippen LogP contribution is -2.19. The van der Waals surface area contributed by atoms with E-state index in [1.807, 2.05) is 12.1 Å². The van der Waals surface area contributed by atoms with E-state index in [4.69, 9.17) is 5.11 Å². The molecular weight excluding hydrogens is 252 g/mol. The van der Waals surface area contributed by atoms with Gasteiger partial charge in [-0.25, -0.2) is 0 Å². The fraction of sp³-hybridized carbons (Fsp3) is 0.438. The van der Waals surface area contributed by atoms with Gasteiger partial charge in [0, 0.05) is 36.1 Å². The second-order valence-electron chi connectivity index (χ2n) is 5.43. The first-order valence-corrected chi connectivity index (χ1v) is 6.94. The Morgan fingerprint density at radius 2 is 2.00 bits per heavy atom. The summed E-state index contributed by atoms with van der Waals surface area (Å²) in [6, 6.07) is 8.26. The highest BCUT2D eigenvalue weighted by molar-refractivity contribution is 5.86. The SMILES string of the molecule is Cc1c(CCC(=O)O)c2ccccc2n1CCN(C)C. The van der Waals surface area contributed by atoms with E-state index >= 15 is 0 Å². The van der Waals surface area contributed by atoms with Gasteiger partial charge in [0.2, 0.25) is 0 Å². The maximum atomic E-state index is 10.8. The number of aliphatic carboxylic acids is 1. The smallest absolute Gasteiger partial charge is 0.303 e. The van der Waals surface area contributed by atoms with Crippen LogP contribution in [-0.2, 0) is 17.8 Å². The van der Waals surface area contributed by atoms with Crippen LogP contribution < -0.4 is 0 Å². The lowest BCUT2D eigenvalue weighted by molar-refractivity contribution is -0.136. The van der Waals surface area contributed by atoms with Crippen LogP contribution in [0.25, 0.3) is 10.9 Å². The molecule has 0 saturated carbocycles. The summed E-state index contributed by atoms with van der Waals surface area (Å²) >= 11 is 0. The van der Waals surface area contributed by atoms with Crippen LogP contribution in [-0.4, -0.2) is 41.2 Å². The van der Waals surface area contributed by atoms with Gasteiger partial charge in [0.05, 0.1) is 0 Å².